The first-order valence-electron chi connectivity index (χ1n) is 1.48. The van der Waals surface area contributed by atoms with E-state index in [4.69, 9.17) is 0 Å². The van der Waals surface area contributed by atoms with Gasteiger partial charge in [0.25, 0.3) is 0 Å². The first kappa shape index (κ1) is 9.78. The molecular weight excluding hydrogens is 300 g/mol. The molecule has 0 fully saturated rings. The van der Waals surface area contributed by atoms with Crippen molar-refractivity contribution in [2.24, 2.45) is 4.99 Å². The van der Waals surface area contributed by atoms with E-state index in [-0.39, 0.29) is 31.1 Å². The van der Waals surface area contributed by atoms with E-state index in [0.29, 0.717) is 6.54 Å². The molecule has 2 heteroatoms. The number of nitrogens with zero attached hydrogens (tertiary/aromatic N) is 1. The summed E-state index contributed by atoms with van der Waals surface area (Å²) in [5.74, 6) is 0. The van der Waals surface area contributed by atoms with Crippen LogP contribution in [0.25, 0.3) is 0 Å². The fourth-order valence-electron chi connectivity index (χ4n) is 0.0913. The Hall–Kier alpha value is 0.592. The Balaban J connectivity index is 0. The predicted molar refractivity (Wildman–Crippen MR) is 24.1 cm³/mol. The number of aliphatic imine (C=N–C) groups is 1. The van der Waals surface area contributed by atoms with Gasteiger partial charge in [-0.25, -0.2) is 0 Å². The molecule has 0 atom stereocenters. The summed E-state index contributed by atoms with van der Waals surface area (Å²) in [5, 5.41) is 0. The Bertz CT molecular complexity index is 34.5. The van der Waals surface area contributed by atoms with Gasteiger partial charge in [-0.3, -0.25) is 0 Å². The molecule has 0 rings (SSSR count). The molecule has 0 aliphatic carbocycles. The van der Waals surface area contributed by atoms with Crippen molar-refractivity contribution in [3.63, 3.8) is 0 Å². The second kappa shape index (κ2) is 9.14. The van der Waals surface area contributed by atoms with E-state index in [0.717, 1.165) is 0 Å². The van der Waals surface area contributed by atoms with Crippen molar-refractivity contribution >= 4 is 6.21 Å². The van der Waals surface area contributed by atoms with Crippen LogP contribution in [0.4, 0.5) is 0 Å². The van der Waals surface area contributed by atoms with E-state index < -0.39 is 0 Å². The summed E-state index contributed by atoms with van der Waals surface area (Å²) in [6, 6.07) is 0. The van der Waals surface area contributed by atoms with Crippen molar-refractivity contribution in [1.29, 1.82) is 0 Å². The standard InChI is InChI=1S/C4H7N.U/c1-3-5-4-2;/h3H,1-2,4H2;/q-2;+2. The van der Waals surface area contributed by atoms with Gasteiger partial charge in [-0.05, 0) is 0 Å². The minimum absolute atomic E-state index is 0. The first-order valence-corrected chi connectivity index (χ1v) is 1.48. The van der Waals surface area contributed by atoms with Crippen molar-refractivity contribution in [1.82, 2.24) is 0 Å². The number of hydrogen-bond donors (Lipinski definition) is 0. The summed E-state index contributed by atoms with van der Waals surface area (Å²) >= 11 is 0. The molecule has 0 aromatic rings. The maximum absolute atomic E-state index is 3.62. The van der Waals surface area contributed by atoms with E-state index in [2.05, 4.69) is 18.8 Å². The first-order chi connectivity index (χ1) is 2.41. The molecule has 0 saturated heterocycles. The molecule has 0 aliphatic rings. The molecule has 0 amide bonds. The van der Waals surface area contributed by atoms with Crippen molar-refractivity contribution in [3.8, 4) is 0 Å². The molecule has 0 aliphatic heterocycles. The van der Waals surface area contributed by atoms with Crippen LogP contribution in [0.5, 0.6) is 0 Å². The third-order valence-corrected chi connectivity index (χ3v) is 0.258. The van der Waals surface area contributed by atoms with Crippen LogP contribution in [-0.2, 0) is 0 Å². The molecule has 1 nitrogen and oxygen atoms in total. The van der Waals surface area contributed by atoms with Gasteiger partial charge < -0.3 is 18.8 Å². The summed E-state index contributed by atoms with van der Waals surface area (Å²) in [7, 11) is 0. The van der Waals surface area contributed by atoms with Crippen LogP contribution in [0.15, 0.2) is 4.99 Å². The largest absolute Gasteiger partial charge is 2.00 e. The Morgan fingerprint density at radius 1 is 1.67 bits per heavy atom. The third kappa shape index (κ3) is 8.82. The van der Waals surface area contributed by atoms with Crippen molar-refractivity contribution in [3.05, 3.63) is 13.8 Å². The van der Waals surface area contributed by atoms with Crippen molar-refractivity contribution in [2.45, 2.75) is 0 Å². The van der Waals surface area contributed by atoms with Crippen LogP contribution >= 0.6 is 0 Å². The Kier molecular flexibility index (Phi) is 14.9. The molecule has 32 valence electrons. The van der Waals surface area contributed by atoms with Gasteiger partial charge in [-0.1, -0.05) is 6.54 Å². The van der Waals surface area contributed by atoms with Crippen LogP contribution in [-0.4, -0.2) is 12.8 Å². The second-order valence-corrected chi connectivity index (χ2v) is 0.589. The van der Waals surface area contributed by atoms with Crippen LogP contribution < -0.4 is 0 Å². The molecule has 0 aromatic carbocycles. The van der Waals surface area contributed by atoms with E-state index >= 15 is 0 Å². The molecule has 0 heterocycles. The van der Waals surface area contributed by atoms with Crippen LogP contribution in [0.3, 0.4) is 0 Å². The molecular formula is C4H7NU. The minimum Gasteiger partial charge on any atom is -0.364 e. The normalized spacial score (nSPS) is 8.17. The third-order valence-electron chi connectivity index (χ3n) is 0.258. The Morgan fingerprint density at radius 2 is 2.17 bits per heavy atom. The summed E-state index contributed by atoms with van der Waals surface area (Å²) in [4.78, 5) is 3.62. The topological polar surface area (TPSA) is 12.4 Å². The second-order valence-electron chi connectivity index (χ2n) is 0.589. The maximum atomic E-state index is 3.62. The average molecular weight is 307 g/mol. The SMILES string of the molecule is [CH2-]C=NC[CH2-].[U+2]. The molecule has 0 aromatic heterocycles. The van der Waals surface area contributed by atoms with Gasteiger partial charge in [0.15, 0.2) is 0 Å². The quantitative estimate of drug-likeness (QED) is 0.500. The summed E-state index contributed by atoms with van der Waals surface area (Å²) < 4.78 is 0. The van der Waals surface area contributed by atoms with E-state index in [1.54, 1.807) is 0 Å². The fourth-order valence-corrected chi connectivity index (χ4v) is 0.0913. The zero-order chi connectivity index (χ0) is 4.12. The molecule has 0 unspecified atom stereocenters. The van der Waals surface area contributed by atoms with E-state index in [1.165, 1.54) is 6.21 Å². The minimum atomic E-state index is 0. The van der Waals surface area contributed by atoms with Crippen molar-refractivity contribution < 1.29 is 31.1 Å². The van der Waals surface area contributed by atoms with Crippen LogP contribution in [0.2, 0.25) is 0 Å². The maximum Gasteiger partial charge on any atom is 2.00 e. The summed E-state index contributed by atoms with van der Waals surface area (Å²) in [6.07, 6.45) is 1.49. The van der Waals surface area contributed by atoms with Gasteiger partial charge in [0.05, 0.1) is 0 Å². The van der Waals surface area contributed by atoms with Crippen LogP contribution in [0.1, 0.15) is 0 Å². The predicted octanol–water partition coefficient (Wildman–Crippen LogP) is 0.725. The average Bonchev–Trinajstić information content (AvgIpc) is 1.41. The summed E-state index contributed by atoms with van der Waals surface area (Å²) in [5.41, 5.74) is 0. The van der Waals surface area contributed by atoms with E-state index in [9.17, 15) is 0 Å². The number of rotatable bonds is 1. The zero-order valence-corrected chi connectivity index (χ0v) is 7.81. The van der Waals surface area contributed by atoms with Gasteiger partial charge >= 0.3 is 31.1 Å². The van der Waals surface area contributed by atoms with Gasteiger partial charge in [0, 0.05) is 0 Å². The zero-order valence-electron chi connectivity index (χ0n) is 3.65. The molecule has 0 saturated carbocycles. The molecule has 0 N–H and O–H groups in total. The fraction of sp³-hybridized carbons (Fsp3) is 0.250. The van der Waals surface area contributed by atoms with Crippen molar-refractivity contribution in [2.75, 3.05) is 6.54 Å². The van der Waals surface area contributed by atoms with Gasteiger partial charge in [-0.15, -0.1) is 6.21 Å². The smallest absolute Gasteiger partial charge is 0.364 e. The molecule has 6 heavy (non-hydrogen) atoms. The monoisotopic (exact) mass is 307 g/mol. The molecule has 0 bridgehead atoms. The Morgan fingerprint density at radius 3 is 2.17 bits per heavy atom. The van der Waals surface area contributed by atoms with E-state index in [1.807, 2.05) is 0 Å². The number of hydrogen-bond acceptors (Lipinski definition) is 1. The van der Waals surface area contributed by atoms with Gasteiger partial charge in [0.2, 0.25) is 0 Å². The van der Waals surface area contributed by atoms with Crippen LogP contribution in [0, 0.1) is 45.0 Å². The van der Waals surface area contributed by atoms with Gasteiger partial charge in [-0.2, -0.15) is 0 Å². The summed E-state index contributed by atoms with van der Waals surface area (Å²) in [6.45, 7) is 7.38. The van der Waals surface area contributed by atoms with Gasteiger partial charge in [0.1, 0.15) is 0 Å². The molecule has 0 spiro atoms. The molecule has 0 radical (unpaired) electrons. The Labute approximate surface area is 62.6 Å².